The number of rotatable bonds is 9. The van der Waals surface area contributed by atoms with Crippen molar-refractivity contribution < 1.29 is 28.5 Å². The molecule has 0 bridgehead atoms. The van der Waals surface area contributed by atoms with Crippen molar-refractivity contribution in [1.29, 1.82) is 0 Å². The second kappa shape index (κ2) is 9.56. The van der Waals surface area contributed by atoms with Crippen LogP contribution in [0, 0.1) is 0 Å². The van der Waals surface area contributed by atoms with E-state index in [1.54, 1.807) is 51.5 Å². The van der Waals surface area contributed by atoms with Gasteiger partial charge in [0.1, 0.15) is 11.5 Å². The fraction of sp³-hybridized carbons (Fsp3) is 0.350. The lowest BCUT2D eigenvalue weighted by Crippen LogP contribution is -2.36. The molecule has 2 aromatic rings. The Morgan fingerprint density at radius 3 is 2.26 bits per heavy atom. The summed E-state index contributed by atoms with van der Waals surface area (Å²) in [4.78, 5) is 12.4. The van der Waals surface area contributed by atoms with E-state index in [1.807, 2.05) is 6.07 Å². The fourth-order valence-corrected chi connectivity index (χ4v) is 2.56. The molecule has 0 aliphatic heterocycles. The van der Waals surface area contributed by atoms with Gasteiger partial charge in [0, 0.05) is 18.2 Å². The van der Waals surface area contributed by atoms with Crippen LogP contribution in [0.2, 0.25) is 0 Å². The van der Waals surface area contributed by atoms with Crippen LogP contribution in [0.1, 0.15) is 12.5 Å². The molecule has 2 rings (SSSR count). The minimum Gasteiger partial charge on any atom is -0.497 e. The van der Waals surface area contributed by atoms with Gasteiger partial charge in [-0.05, 0) is 31.2 Å². The number of hydrogen-bond donors (Lipinski definition) is 1. The predicted molar refractivity (Wildman–Crippen MR) is 101 cm³/mol. The molecule has 1 N–H and O–H groups in total. The molecule has 7 nitrogen and oxygen atoms in total. The molecule has 0 unspecified atom stereocenters. The summed E-state index contributed by atoms with van der Waals surface area (Å²) in [5, 5.41) is 2.84. The van der Waals surface area contributed by atoms with Crippen molar-refractivity contribution in [3.63, 3.8) is 0 Å². The number of ether oxygens (including phenoxy) is 5. The lowest BCUT2D eigenvalue weighted by atomic mass is 10.1. The Kier molecular flexibility index (Phi) is 7.16. The van der Waals surface area contributed by atoms with E-state index in [9.17, 15) is 4.79 Å². The monoisotopic (exact) mass is 375 g/mol. The van der Waals surface area contributed by atoms with Crippen LogP contribution in [0.5, 0.6) is 28.7 Å². The fourth-order valence-electron chi connectivity index (χ4n) is 2.56. The lowest BCUT2D eigenvalue weighted by Gasteiger charge is -2.18. The lowest BCUT2D eigenvalue weighted by molar-refractivity contribution is -0.127. The molecule has 1 amide bonds. The van der Waals surface area contributed by atoms with E-state index in [-0.39, 0.29) is 12.5 Å². The van der Waals surface area contributed by atoms with Crippen LogP contribution >= 0.6 is 0 Å². The van der Waals surface area contributed by atoms with Crippen LogP contribution in [0.4, 0.5) is 0 Å². The highest BCUT2D eigenvalue weighted by molar-refractivity contribution is 5.80. The Bertz CT molecular complexity index is 777. The van der Waals surface area contributed by atoms with Crippen LogP contribution < -0.4 is 29.0 Å². The van der Waals surface area contributed by atoms with E-state index in [1.165, 1.54) is 14.2 Å². The second-order valence-electron chi connectivity index (χ2n) is 5.65. The molecule has 0 fully saturated rings. The molecule has 0 heterocycles. The molecule has 146 valence electrons. The number of hydrogen-bond acceptors (Lipinski definition) is 6. The molecule has 0 spiro atoms. The van der Waals surface area contributed by atoms with Gasteiger partial charge in [-0.25, -0.2) is 0 Å². The summed E-state index contributed by atoms with van der Waals surface area (Å²) in [5.74, 6) is 2.51. The number of nitrogens with one attached hydrogen (secondary N) is 1. The van der Waals surface area contributed by atoms with E-state index in [0.717, 1.165) is 5.56 Å². The molecule has 0 aromatic heterocycles. The maximum absolute atomic E-state index is 12.4. The van der Waals surface area contributed by atoms with Crippen molar-refractivity contribution in [2.75, 3.05) is 28.4 Å². The van der Waals surface area contributed by atoms with Gasteiger partial charge >= 0.3 is 0 Å². The third kappa shape index (κ3) is 4.97. The van der Waals surface area contributed by atoms with Crippen LogP contribution in [0.25, 0.3) is 0 Å². The highest BCUT2D eigenvalue weighted by atomic mass is 16.5. The van der Waals surface area contributed by atoms with Crippen LogP contribution in [0.3, 0.4) is 0 Å². The van der Waals surface area contributed by atoms with Crippen molar-refractivity contribution in [3.8, 4) is 28.7 Å². The minimum atomic E-state index is -0.678. The number of methoxy groups -OCH3 is 4. The topological polar surface area (TPSA) is 75.3 Å². The van der Waals surface area contributed by atoms with Gasteiger partial charge in [-0.3, -0.25) is 4.79 Å². The second-order valence-corrected chi connectivity index (χ2v) is 5.65. The van der Waals surface area contributed by atoms with Gasteiger partial charge in [0.2, 0.25) is 5.75 Å². The minimum absolute atomic E-state index is 0.255. The van der Waals surface area contributed by atoms with E-state index < -0.39 is 6.10 Å². The summed E-state index contributed by atoms with van der Waals surface area (Å²) in [5.41, 5.74) is 0.761. The molecular weight excluding hydrogens is 350 g/mol. The van der Waals surface area contributed by atoms with Gasteiger partial charge in [-0.2, -0.15) is 0 Å². The van der Waals surface area contributed by atoms with Gasteiger partial charge in [0.25, 0.3) is 5.91 Å². The van der Waals surface area contributed by atoms with E-state index in [4.69, 9.17) is 23.7 Å². The van der Waals surface area contributed by atoms with Gasteiger partial charge in [0.05, 0.1) is 28.4 Å². The standard InChI is InChI=1S/C20H25NO6/c1-13(27-16-8-6-7-15(11-16)23-2)20(22)21-12-14-9-10-17(24-3)19(26-5)18(14)25-4/h6-11,13H,12H2,1-5H3,(H,21,22)/t13-/m0/s1. The van der Waals surface area contributed by atoms with Gasteiger partial charge < -0.3 is 29.0 Å². The average Bonchev–Trinajstić information content (AvgIpc) is 2.70. The van der Waals surface area contributed by atoms with Crippen molar-refractivity contribution in [1.82, 2.24) is 5.32 Å². The first-order valence-electron chi connectivity index (χ1n) is 8.40. The Morgan fingerprint density at radius 1 is 0.926 bits per heavy atom. The Morgan fingerprint density at radius 2 is 1.63 bits per heavy atom. The normalized spacial score (nSPS) is 11.3. The number of benzene rings is 2. The highest BCUT2D eigenvalue weighted by Gasteiger charge is 2.19. The van der Waals surface area contributed by atoms with Crippen molar-refractivity contribution in [2.45, 2.75) is 19.6 Å². The van der Waals surface area contributed by atoms with Gasteiger partial charge in [0.15, 0.2) is 17.6 Å². The van der Waals surface area contributed by atoms with Crippen molar-refractivity contribution in [2.24, 2.45) is 0 Å². The molecule has 0 radical (unpaired) electrons. The molecule has 0 aliphatic rings. The van der Waals surface area contributed by atoms with Crippen LogP contribution in [-0.2, 0) is 11.3 Å². The first kappa shape index (κ1) is 20.2. The highest BCUT2D eigenvalue weighted by Crippen LogP contribution is 2.39. The van der Waals surface area contributed by atoms with Crippen LogP contribution in [0.15, 0.2) is 36.4 Å². The molecule has 0 saturated heterocycles. The molecule has 1 atom stereocenters. The summed E-state index contributed by atoms with van der Waals surface area (Å²) >= 11 is 0. The quantitative estimate of drug-likeness (QED) is 0.726. The van der Waals surface area contributed by atoms with Crippen LogP contribution in [-0.4, -0.2) is 40.5 Å². The molecule has 0 saturated carbocycles. The zero-order valence-corrected chi connectivity index (χ0v) is 16.2. The number of amides is 1. The van der Waals surface area contributed by atoms with E-state index in [0.29, 0.717) is 28.7 Å². The number of carbonyl (C=O) groups excluding carboxylic acids is 1. The first-order chi connectivity index (χ1) is 13.0. The summed E-state index contributed by atoms with van der Waals surface area (Å²) in [7, 11) is 6.20. The molecule has 27 heavy (non-hydrogen) atoms. The SMILES string of the molecule is COc1cccc(O[C@@H](C)C(=O)NCc2ccc(OC)c(OC)c2OC)c1. The van der Waals surface area contributed by atoms with Crippen molar-refractivity contribution in [3.05, 3.63) is 42.0 Å². The van der Waals surface area contributed by atoms with Gasteiger partial charge in [-0.15, -0.1) is 0 Å². The maximum atomic E-state index is 12.4. The van der Waals surface area contributed by atoms with E-state index >= 15 is 0 Å². The van der Waals surface area contributed by atoms with Gasteiger partial charge in [-0.1, -0.05) is 6.07 Å². The smallest absolute Gasteiger partial charge is 0.261 e. The Balaban J connectivity index is 2.04. The van der Waals surface area contributed by atoms with Crippen molar-refractivity contribution >= 4 is 5.91 Å². The predicted octanol–water partition coefficient (Wildman–Crippen LogP) is 2.80. The molecule has 2 aromatic carbocycles. The largest absolute Gasteiger partial charge is 0.497 e. The van der Waals surface area contributed by atoms with E-state index in [2.05, 4.69) is 5.32 Å². The first-order valence-corrected chi connectivity index (χ1v) is 8.40. The third-order valence-corrected chi connectivity index (χ3v) is 3.96. The Hall–Kier alpha value is -3.09. The summed E-state index contributed by atoms with van der Waals surface area (Å²) < 4.78 is 26.9. The molecular formula is C20H25NO6. The maximum Gasteiger partial charge on any atom is 0.261 e. The summed E-state index contributed by atoms with van der Waals surface area (Å²) in [6, 6.07) is 10.7. The third-order valence-electron chi connectivity index (χ3n) is 3.96. The zero-order chi connectivity index (χ0) is 19.8. The molecule has 7 heteroatoms. The summed E-state index contributed by atoms with van der Waals surface area (Å²) in [6.07, 6.45) is -0.678. The number of carbonyl (C=O) groups is 1. The average molecular weight is 375 g/mol. The zero-order valence-electron chi connectivity index (χ0n) is 16.2. The summed E-state index contributed by atoms with van der Waals surface area (Å²) in [6.45, 7) is 1.94. The molecule has 0 aliphatic carbocycles. The Labute approximate surface area is 159 Å².